The highest BCUT2D eigenvalue weighted by Gasteiger charge is 1.96. The van der Waals surface area contributed by atoms with Crippen molar-refractivity contribution in [2.45, 2.75) is 13.8 Å². The molecule has 0 aliphatic carbocycles. The summed E-state index contributed by atoms with van der Waals surface area (Å²) in [7, 11) is 6.10. The number of hydrogen-bond acceptors (Lipinski definition) is 2. The summed E-state index contributed by atoms with van der Waals surface area (Å²) in [6.07, 6.45) is 0. The Morgan fingerprint density at radius 2 is 1.80 bits per heavy atom. The summed E-state index contributed by atoms with van der Waals surface area (Å²) in [6.45, 7) is 5.24. The van der Waals surface area contributed by atoms with E-state index in [2.05, 4.69) is 38.2 Å². The van der Waals surface area contributed by atoms with Gasteiger partial charge in [0.05, 0.1) is 0 Å². The van der Waals surface area contributed by atoms with Crippen LogP contribution in [0.15, 0.2) is 11.3 Å². The van der Waals surface area contributed by atoms with Crippen LogP contribution in [0.2, 0.25) is 0 Å². The first-order chi connectivity index (χ1) is 4.57. The van der Waals surface area contributed by atoms with Crippen molar-refractivity contribution in [2.24, 2.45) is 0 Å². The monoisotopic (exact) mass is 142 g/mol. The Morgan fingerprint density at radius 3 is 1.90 bits per heavy atom. The summed E-state index contributed by atoms with van der Waals surface area (Å²) in [6, 6.07) is 0. The zero-order chi connectivity index (χ0) is 8.15. The van der Waals surface area contributed by atoms with Crippen molar-refractivity contribution in [1.29, 1.82) is 0 Å². The lowest BCUT2D eigenvalue weighted by Gasteiger charge is -2.14. The molecule has 0 aliphatic heterocycles. The van der Waals surface area contributed by atoms with E-state index in [1.165, 1.54) is 11.3 Å². The van der Waals surface area contributed by atoms with Crippen molar-refractivity contribution in [3.63, 3.8) is 0 Å². The fourth-order valence-electron chi connectivity index (χ4n) is 0.803. The minimum absolute atomic E-state index is 0.999. The zero-order valence-electron chi connectivity index (χ0n) is 7.65. The number of hydrogen-bond donors (Lipinski definition) is 1. The van der Waals surface area contributed by atoms with Gasteiger partial charge in [0.1, 0.15) is 0 Å². The van der Waals surface area contributed by atoms with Gasteiger partial charge in [0, 0.05) is 19.3 Å². The fourth-order valence-corrected chi connectivity index (χ4v) is 0.803. The number of nitrogens with one attached hydrogen (secondary N) is 1. The van der Waals surface area contributed by atoms with E-state index in [1.54, 1.807) is 0 Å². The van der Waals surface area contributed by atoms with Crippen molar-refractivity contribution < 1.29 is 0 Å². The van der Waals surface area contributed by atoms with Crippen molar-refractivity contribution in [3.05, 3.63) is 11.3 Å². The molecule has 2 heteroatoms. The van der Waals surface area contributed by atoms with Crippen LogP contribution in [-0.4, -0.2) is 32.6 Å². The molecule has 0 saturated heterocycles. The van der Waals surface area contributed by atoms with Gasteiger partial charge in [0.25, 0.3) is 0 Å². The van der Waals surface area contributed by atoms with Crippen LogP contribution in [-0.2, 0) is 0 Å². The molecule has 0 aliphatic rings. The van der Waals surface area contributed by atoms with Crippen LogP contribution in [0.1, 0.15) is 13.8 Å². The lowest BCUT2D eigenvalue weighted by Crippen LogP contribution is -2.22. The van der Waals surface area contributed by atoms with Crippen LogP contribution in [0.5, 0.6) is 0 Å². The predicted molar refractivity (Wildman–Crippen MR) is 46.0 cm³/mol. The molecule has 0 spiro atoms. The number of likely N-dealkylation sites (N-methyl/N-ethyl adjacent to an activating group) is 2. The molecule has 0 saturated carbocycles. The largest absolute Gasteiger partial charge is 0.390 e. The highest BCUT2D eigenvalue weighted by molar-refractivity contribution is 5.08. The molecule has 0 fully saturated rings. The molecule has 2 nitrogen and oxygen atoms in total. The van der Waals surface area contributed by atoms with Gasteiger partial charge in [-0.3, -0.25) is 0 Å². The number of allylic oxidation sites excluding steroid dienone is 1. The maximum atomic E-state index is 3.17. The van der Waals surface area contributed by atoms with Gasteiger partial charge < -0.3 is 10.2 Å². The topological polar surface area (TPSA) is 15.3 Å². The van der Waals surface area contributed by atoms with Crippen LogP contribution in [0.4, 0.5) is 0 Å². The predicted octanol–water partition coefficient (Wildman–Crippen LogP) is 1.06. The molecule has 1 N–H and O–H groups in total. The standard InChI is InChI=1S/C8H18N2/c1-7(2)8(9-3)6-10(4)5/h9H,6H2,1-5H3. The number of rotatable bonds is 3. The Kier molecular flexibility index (Phi) is 4.12. The van der Waals surface area contributed by atoms with E-state index in [0.29, 0.717) is 0 Å². The zero-order valence-corrected chi connectivity index (χ0v) is 7.65. The molecule has 0 amide bonds. The third kappa shape index (κ3) is 3.51. The average Bonchev–Trinajstić information content (AvgIpc) is 1.81. The molecule has 0 unspecified atom stereocenters. The third-order valence-corrected chi connectivity index (χ3v) is 1.38. The molecule has 60 valence electrons. The minimum Gasteiger partial charge on any atom is -0.390 e. The van der Waals surface area contributed by atoms with Gasteiger partial charge in [-0.05, 0) is 27.9 Å². The molecular weight excluding hydrogens is 124 g/mol. The van der Waals surface area contributed by atoms with Gasteiger partial charge >= 0.3 is 0 Å². The van der Waals surface area contributed by atoms with E-state index in [1.807, 2.05) is 7.05 Å². The summed E-state index contributed by atoms with van der Waals surface area (Å²) in [5.41, 5.74) is 2.67. The summed E-state index contributed by atoms with van der Waals surface area (Å²) < 4.78 is 0. The van der Waals surface area contributed by atoms with Crippen molar-refractivity contribution in [1.82, 2.24) is 10.2 Å². The quantitative estimate of drug-likeness (QED) is 0.634. The smallest absolute Gasteiger partial charge is 0.0374 e. The fraction of sp³-hybridized carbons (Fsp3) is 0.750. The Labute approximate surface area is 63.9 Å². The van der Waals surface area contributed by atoms with Gasteiger partial charge in [-0.15, -0.1) is 0 Å². The van der Waals surface area contributed by atoms with Crippen LogP contribution < -0.4 is 5.32 Å². The molecule has 10 heavy (non-hydrogen) atoms. The van der Waals surface area contributed by atoms with Gasteiger partial charge in [-0.2, -0.15) is 0 Å². The van der Waals surface area contributed by atoms with Gasteiger partial charge in [0.2, 0.25) is 0 Å². The van der Waals surface area contributed by atoms with Crippen molar-refractivity contribution in [3.8, 4) is 0 Å². The molecule has 0 atom stereocenters. The van der Waals surface area contributed by atoms with Crippen LogP contribution >= 0.6 is 0 Å². The molecule has 0 radical (unpaired) electrons. The molecule has 0 aromatic carbocycles. The Hall–Kier alpha value is -0.500. The van der Waals surface area contributed by atoms with Gasteiger partial charge in [-0.1, -0.05) is 5.57 Å². The van der Waals surface area contributed by atoms with E-state index in [4.69, 9.17) is 0 Å². The molecular formula is C8H18N2. The Balaban J connectivity index is 3.97. The lowest BCUT2D eigenvalue weighted by atomic mass is 10.2. The summed E-state index contributed by atoms with van der Waals surface area (Å²) in [4.78, 5) is 2.15. The number of nitrogens with zero attached hydrogens (tertiary/aromatic N) is 1. The second-order valence-corrected chi connectivity index (χ2v) is 2.97. The third-order valence-electron chi connectivity index (χ3n) is 1.38. The van der Waals surface area contributed by atoms with Crippen LogP contribution in [0.3, 0.4) is 0 Å². The Bertz CT molecular complexity index is 121. The van der Waals surface area contributed by atoms with E-state index >= 15 is 0 Å². The van der Waals surface area contributed by atoms with Crippen molar-refractivity contribution in [2.75, 3.05) is 27.7 Å². The maximum Gasteiger partial charge on any atom is 0.0374 e. The average molecular weight is 142 g/mol. The van der Waals surface area contributed by atoms with Crippen molar-refractivity contribution >= 4 is 0 Å². The first kappa shape index (κ1) is 9.50. The van der Waals surface area contributed by atoms with E-state index < -0.39 is 0 Å². The second kappa shape index (κ2) is 4.34. The minimum atomic E-state index is 0.999. The van der Waals surface area contributed by atoms with Crippen LogP contribution in [0.25, 0.3) is 0 Å². The highest BCUT2D eigenvalue weighted by Crippen LogP contribution is 1.98. The summed E-state index contributed by atoms with van der Waals surface area (Å²) >= 11 is 0. The lowest BCUT2D eigenvalue weighted by molar-refractivity contribution is 0.434. The molecule has 0 heterocycles. The summed E-state index contributed by atoms with van der Waals surface area (Å²) in [5, 5.41) is 3.17. The maximum absolute atomic E-state index is 3.17. The summed E-state index contributed by atoms with van der Waals surface area (Å²) in [5.74, 6) is 0. The second-order valence-electron chi connectivity index (χ2n) is 2.97. The Morgan fingerprint density at radius 1 is 1.30 bits per heavy atom. The van der Waals surface area contributed by atoms with E-state index in [9.17, 15) is 0 Å². The first-order valence-electron chi connectivity index (χ1n) is 3.56. The van der Waals surface area contributed by atoms with Gasteiger partial charge in [-0.25, -0.2) is 0 Å². The van der Waals surface area contributed by atoms with Gasteiger partial charge in [0.15, 0.2) is 0 Å². The normalized spacial score (nSPS) is 9.80. The molecule has 0 bridgehead atoms. The van der Waals surface area contributed by atoms with Crippen LogP contribution in [0, 0.1) is 0 Å². The molecule has 0 rings (SSSR count). The SMILES string of the molecule is CNC(CN(C)C)=C(C)C. The van der Waals surface area contributed by atoms with E-state index in [-0.39, 0.29) is 0 Å². The highest BCUT2D eigenvalue weighted by atomic mass is 15.1. The molecule has 0 aromatic heterocycles. The van der Waals surface area contributed by atoms with E-state index in [0.717, 1.165) is 6.54 Å². The first-order valence-corrected chi connectivity index (χ1v) is 3.56. The molecule has 0 aromatic rings.